The molecule has 30 heavy (non-hydrogen) atoms. The van der Waals surface area contributed by atoms with Gasteiger partial charge in [-0.15, -0.1) is 23.2 Å². The molecule has 7 heteroatoms. The van der Waals surface area contributed by atoms with E-state index >= 15 is 0 Å². The molecule has 5 nitrogen and oxygen atoms in total. The summed E-state index contributed by atoms with van der Waals surface area (Å²) in [4.78, 5) is 18.2. The maximum absolute atomic E-state index is 11.2. The van der Waals surface area contributed by atoms with Crippen LogP contribution < -0.4 is 4.90 Å². The molecule has 1 N–H and O–H groups in total. The van der Waals surface area contributed by atoms with E-state index in [1.165, 1.54) is 6.08 Å². The van der Waals surface area contributed by atoms with Crippen LogP contribution in [-0.2, 0) is 18.3 Å². The highest BCUT2D eigenvalue weighted by molar-refractivity contribution is 6.18. The van der Waals surface area contributed by atoms with Crippen molar-refractivity contribution >= 4 is 51.8 Å². The fourth-order valence-corrected chi connectivity index (χ4v) is 3.75. The molecule has 158 valence electrons. The predicted molar refractivity (Wildman–Crippen MR) is 125 cm³/mol. The SMILES string of the molecule is Cn1c(Cc2ccc(/C=C/C(=O)CO)cc2)nc2cc(N(CCCl)CCCl)ccc21. The number of hydrogen-bond acceptors (Lipinski definition) is 4. The lowest BCUT2D eigenvalue weighted by Gasteiger charge is -2.22. The standard InChI is InChI=1S/C23H25Cl2N3O2/c1-27-22-9-7-19(28(12-10-24)13-11-25)15-21(22)26-23(27)14-18-4-2-17(3-5-18)6-8-20(30)16-29/h2-9,15,29H,10-14,16H2,1H3/b8-6+. The topological polar surface area (TPSA) is 58.4 Å². The van der Waals surface area contributed by atoms with Crippen molar-refractivity contribution in [2.75, 3.05) is 36.4 Å². The highest BCUT2D eigenvalue weighted by Crippen LogP contribution is 2.24. The van der Waals surface area contributed by atoms with Crippen LogP contribution in [0.15, 0.2) is 48.5 Å². The number of benzene rings is 2. The van der Waals surface area contributed by atoms with Gasteiger partial charge in [-0.05, 0) is 35.4 Å². The number of ketones is 1. The molecule has 0 saturated heterocycles. The Hall–Kier alpha value is -2.34. The molecule has 1 heterocycles. The molecular formula is C23H25Cl2N3O2. The molecule has 0 aliphatic carbocycles. The molecular weight excluding hydrogens is 421 g/mol. The number of anilines is 1. The van der Waals surface area contributed by atoms with E-state index in [0.717, 1.165) is 46.8 Å². The monoisotopic (exact) mass is 445 g/mol. The first-order chi connectivity index (χ1) is 14.5. The van der Waals surface area contributed by atoms with Gasteiger partial charge >= 0.3 is 0 Å². The Bertz CT molecular complexity index is 1020. The van der Waals surface area contributed by atoms with Crippen LogP contribution in [0.1, 0.15) is 17.0 Å². The quantitative estimate of drug-likeness (QED) is 0.378. The average Bonchev–Trinajstić information content (AvgIpc) is 3.07. The molecule has 0 unspecified atom stereocenters. The first-order valence-corrected chi connectivity index (χ1v) is 10.9. The molecule has 3 rings (SSSR count). The molecule has 0 spiro atoms. The third-order valence-corrected chi connectivity index (χ3v) is 5.33. The first-order valence-electron chi connectivity index (χ1n) is 9.78. The van der Waals surface area contributed by atoms with Crippen molar-refractivity contribution in [3.8, 4) is 0 Å². The van der Waals surface area contributed by atoms with Gasteiger partial charge in [0, 0.05) is 44.0 Å². The minimum atomic E-state index is -0.474. The van der Waals surface area contributed by atoms with Crippen molar-refractivity contribution < 1.29 is 9.90 Å². The van der Waals surface area contributed by atoms with Gasteiger partial charge in [-0.25, -0.2) is 4.98 Å². The summed E-state index contributed by atoms with van der Waals surface area (Å²) in [6, 6.07) is 14.2. The lowest BCUT2D eigenvalue weighted by atomic mass is 10.1. The van der Waals surface area contributed by atoms with E-state index in [1.54, 1.807) is 6.08 Å². The first kappa shape index (κ1) is 22.3. The van der Waals surface area contributed by atoms with Crippen LogP contribution in [0, 0.1) is 0 Å². The molecule has 0 radical (unpaired) electrons. The molecule has 0 aliphatic rings. The van der Waals surface area contributed by atoms with Crippen LogP contribution in [0.4, 0.5) is 5.69 Å². The Morgan fingerprint density at radius 3 is 2.47 bits per heavy atom. The number of aromatic nitrogens is 2. The van der Waals surface area contributed by atoms with E-state index in [-0.39, 0.29) is 5.78 Å². The molecule has 0 saturated carbocycles. The summed E-state index contributed by atoms with van der Waals surface area (Å²) in [7, 11) is 2.03. The zero-order valence-corrected chi connectivity index (χ0v) is 18.4. The number of alkyl halides is 2. The van der Waals surface area contributed by atoms with Gasteiger partial charge in [-0.3, -0.25) is 4.79 Å². The third-order valence-electron chi connectivity index (χ3n) is 4.99. The van der Waals surface area contributed by atoms with Gasteiger partial charge in [0.1, 0.15) is 12.4 Å². The highest BCUT2D eigenvalue weighted by atomic mass is 35.5. The van der Waals surface area contributed by atoms with E-state index in [9.17, 15) is 4.79 Å². The summed E-state index contributed by atoms with van der Waals surface area (Å²) in [5.74, 6) is 1.75. The van der Waals surface area contributed by atoms with Crippen molar-refractivity contribution in [3.05, 3.63) is 65.5 Å². The van der Waals surface area contributed by atoms with Gasteiger partial charge in [0.25, 0.3) is 0 Å². The summed E-state index contributed by atoms with van der Waals surface area (Å²) in [6.07, 6.45) is 3.79. The van der Waals surface area contributed by atoms with Crippen LogP contribution in [0.2, 0.25) is 0 Å². The molecule has 0 aliphatic heterocycles. The van der Waals surface area contributed by atoms with Gasteiger partial charge in [0.15, 0.2) is 5.78 Å². The van der Waals surface area contributed by atoms with Gasteiger partial charge in [0.2, 0.25) is 0 Å². The van der Waals surface area contributed by atoms with E-state index < -0.39 is 6.61 Å². The van der Waals surface area contributed by atoms with Crippen LogP contribution in [0.5, 0.6) is 0 Å². The Kier molecular flexibility index (Phi) is 7.91. The molecule has 0 bridgehead atoms. The number of nitrogens with zero attached hydrogens (tertiary/aromatic N) is 3. The minimum Gasteiger partial charge on any atom is -0.388 e. The number of fused-ring (bicyclic) bond motifs is 1. The van der Waals surface area contributed by atoms with E-state index in [2.05, 4.69) is 27.7 Å². The second-order valence-electron chi connectivity index (χ2n) is 7.00. The Morgan fingerprint density at radius 2 is 1.83 bits per heavy atom. The predicted octanol–water partition coefficient (Wildman–Crippen LogP) is 4.02. The van der Waals surface area contributed by atoms with Gasteiger partial charge in [0.05, 0.1) is 11.0 Å². The van der Waals surface area contributed by atoms with Crippen molar-refractivity contribution in [1.29, 1.82) is 0 Å². The maximum Gasteiger partial charge on any atom is 0.181 e. The smallest absolute Gasteiger partial charge is 0.181 e. The summed E-state index contributed by atoms with van der Waals surface area (Å²) in [5.41, 5.74) is 5.13. The summed E-state index contributed by atoms with van der Waals surface area (Å²) in [6.45, 7) is 1.01. The normalized spacial score (nSPS) is 11.5. The second-order valence-corrected chi connectivity index (χ2v) is 7.76. The summed E-state index contributed by atoms with van der Waals surface area (Å²) < 4.78 is 2.11. The Morgan fingerprint density at radius 1 is 1.13 bits per heavy atom. The van der Waals surface area contributed by atoms with Gasteiger partial charge in [-0.2, -0.15) is 0 Å². The van der Waals surface area contributed by atoms with E-state index in [0.29, 0.717) is 18.2 Å². The lowest BCUT2D eigenvalue weighted by molar-refractivity contribution is -0.117. The lowest BCUT2D eigenvalue weighted by Crippen LogP contribution is -2.27. The number of carbonyl (C=O) groups excluding carboxylic acids is 1. The number of halogens is 2. The third kappa shape index (κ3) is 5.42. The fourth-order valence-electron chi connectivity index (χ4n) is 3.34. The maximum atomic E-state index is 11.2. The van der Waals surface area contributed by atoms with Crippen LogP contribution in [-0.4, -0.2) is 51.9 Å². The summed E-state index contributed by atoms with van der Waals surface area (Å²) in [5, 5.41) is 8.78. The molecule has 2 aromatic carbocycles. The van der Waals surface area contributed by atoms with Crippen molar-refractivity contribution in [2.45, 2.75) is 6.42 Å². The second kappa shape index (κ2) is 10.6. The van der Waals surface area contributed by atoms with Crippen molar-refractivity contribution in [2.24, 2.45) is 7.05 Å². The van der Waals surface area contributed by atoms with E-state index in [1.807, 2.05) is 31.3 Å². The minimum absolute atomic E-state index is 0.311. The average molecular weight is 446 g/mol. The highest BCUT2D eigenvalue weighted by Gasteiger charge is 2.12. The molecule has 1 aromatic heterocycles. The Balaban J connectivity index is 1.80. The van der Waals surface area contributed by atoms with Crippen molar-refractivity contribution in [1.82, 2.24) is 9.55 Å². The van der Waals surface area contributed by atoms with Gasteiger partial charge < -0.3 is 14.6 Å². The number of hydrogen-bond donors (Lipinski definition) is 1. The fraction of sp³-hybridized carbons (Fsp3) is 0.304. The number of aryl methyl sites for hydroxylation is 1. The van der Waals surface area contributed by atoms with Crippen molar-refractivity contribution in [3.63, 3.8) is 0 Å². The zero-order valence-electron chi connectivity index (χ0n) is 16.9. The number of carbonyl (C=O) groups is 1. The molecule has 0 fully saturated rings. The summed E-state index contributed by atoms with van der Waals surface area (Å²) >= 11 is 11.9. The van der Waals surface area contributed by atoms with Crippen LogP contribution >= 0.6 is 23.2 Å². The molecule has 0 amide bonds. The van der Waals surface area contributed by atoms with Crippen LogP contribution in [0.3, 0.4) is 0 Å². The number of rotatable bonds is 10. The zero-order chi connectivity index (χ0) is 21.5. The largest absolute Gasteiger partial charge is 0.388 e. The number of aliphatic hydroxyl groups is 1. The van der Waals surface area contributed by atoms with Gasteiger partial charge in [-0.1, -0.05) is 30.3 Å². The molecule has 3 aromatic rings. The molecule has 0 atom stereocenters. The van der Waals surface area contributed by atoms with Crippen LogP contribution in [0.25, 0.3) is 17.1 Å². The number of aliphatic hydroxyl groups excluding tert-OH is 1. The number of imidazole rings is 1. The Labute approximate surface area is 186 Å². The van der Waals surface area contributed by atoms with E-state index in [4.69, 9.17) is 33.3 Å².